The van der Waals surface area contributed by atoms with Crippen molar-refractivity contribution in [3.8, 4) is 0 Å². The van der Waals surface area contributed by atoms with Crippen molar-refractivity contribution in [1.82, 2.24) is 0 Å². The molecule has 3 unspecified atom stereocenters. The zero-order valence-electron chi connectivity index (χ0n) is 10.4. The smallest absolute Gasteiger partial charge is 0.0780 e. The molecule has 0 aromatic carbocycles. The first-order valence-electron chi connectivity index (χ1n) is 6.11. The van der Waals surface area contributed by atoms with Gasteiger partial charge in [-0.2, -0.15) is 0 Å². The fourth-order valence-corrected chi connectivity index (χ4v) is 4.07. The first kappa shape index (κ1) is 11.4. The van der Waals surface area contributed by atoms with Crippen LogP contribution in [0.3, 0.4) is 0 Å². The van der Waals surface area contributed by atoms with E-state index in [-0.39, 0.29) is 10.8 Å². The summed E-state index contributed by atoms with van der Waals surface area (Å²) >= 11 is 0. The van der Waals surface area contributed by atoms with E-state index in [9.17, 15) is 10.2 Å². The summed E-state index contributed by atoms with van der Waals surface area (Å²) in [4.78, 5) is 0. The number of fused-ring (bicyclic) bond motifs is 1. The first-order valence-corrected chi connectivity index (χ1v) is 6.11. The van der Waals surface area contributed by atoms with E-state index in [0.29, 0.717) is 0 Å². The molecule has 2 heteroatoms. The van der Waals surface area contributed by atoms with Crippen LogP contribution in [0, 0.1) is 10.8 Å². The molecule has 0 saturated heterocycles. The summed E-state index contributed by atoms with van der Waals surface area (Å²) in [6, 6.07) is 0. The lowest BCUT2D eigenvalue weighted by atomic mass is 9.52. The quantitative estimate of drug-likeness (QED) is 0.647. The van der Waals surface area contributed by atoms with Gasteiger partial charge in [0.2, 0.25) is 0 Å². The highest BCUT2D eigenvalue weighted by molar-refractivity contribution is 5.19. The van der Waals surface area contributed by atoms with Crippen molar-refractivity contribution >= 4 is 0 Å². The molecular weight excluding hydrogens is 188 g/mol. The number of hydrogen-bond acceptors (Lipinski definition) is 2. The molecule has 88 valence electrons. The lowest BCUT2D eigenvalue weighted by molar-refractivity contribution is -0.209. The standard InChI is InChI=1S/C13H24O2/c1-10(2)6-5-7-11(3)12(4,14)8-9-13(10,11)15/h14-15H,5-9H2,1-4H3. The molecule has 0 bridgehead atoms. The fraction of sp³-hybridized carbons (Fsp3) is 1.00. The van der Waals surface area contributed by atoms with Gasteiger partial charge in [-0.15, -0.1) is 0 Å². The molecule has 0 aromatic rings. The highest BCUT2D eigenvalue weighted by Gasteiger charge is 2.68. The van der Waals surface area contributed by atoms with Gasteiger partial charge in [0.15, 0.2) is 0 Å². The van der Waals surface area contributed by atoms with Crippen molar-refractivity contribution in [2.45, 2.75) is 71.0 Å². The molecular formula is C13H24O2. The van der Waals surface area contributed by atoms with E-state index < -0.39 is 11.2 Å². The van der Waals surface area contributed by atoms with Crippen LogP contribution in [0.5, 0.6) is 0 Å². The molecule has 0 heterocycles. The molecule has 2 aliphatic rings. The van der Waals surface area contributed by atoms with Crippen LogP contribution >= 0.6 is 0 Å². The molecule has 2 fully saturated rings. The summed E-state index contributed by atoms with van der Waals surface area (Å²) in [5, 5.41) is 21.5. The van der Waals surface area contributed by atoms with Crippen molar-refractivity contribution in [2.75, 3.05) is 0 Å². The van der Waals surface area contributed by atoms with Crippen LogP contribution in [-0.2, 0) is 0 Å². The maximum atomic E-state index is 11.0. The minimum absolute atomic E-state index is 0.0690. The maximum Gasteiger partial charge on any atom is 0.0780 e. The second-order valence-corrected chi connectivity index (χ2v) is 6.70. The molecule has 2 saturated carbocycles. The van der Waals surface area contributed by atoms with Crippen molar-refractivity contribution in [1.29, 1.82) is 0 Å². The Labute approximate surface area is 92.7 Å². The molecule has 0 aliphatic heterocycles. The minimum atomic E-state index is -0.709. The van der Waals surface area contributed by atoms with Crippen molar-refractivity contribution in [3.05, 3.63) is 0 Å². The van der Waals surface area contributed by atoms with Gasteiger partial charge in [-0.1, -0.05) is 27.2 Å². The molecule has 0 amide bonds. The van der Waals surface area contributed by atoms with Crippen LogP contribution in [0.25, 0.3) is 0 Å². The summed E-state index contributed by atoms with van der Waals surface area (Å²) in [6.07, 6.45) is 4.59. The average molecular weight is 212 g/mol. The minimum Gasteiger partial charge on any atom is -0.389 e. The van der Waals surface area contributed by atoms with E-state index >= 15 is 0 Å². The van der Waals surface area contributed by atoms with E-state index in [1.54, 1.807) is 0 Å². The zero-order valence-corrected chi connectivity index (χ0v) is 10.4. The van der Waals surface area contributed by atoms with Crippen LogP contribution in [0.4, 0.5) is 0 Å². The SMILES string of the molecule is CC1(C)CCCC2(C)C(C)(O)CCC12O. The van der Waals surface area contributed by atoms with E-state index in [1.807, 2.05) is 6.92 Å². The second-order valence-electron chi connectivity index (χ2n) is 6.70. The summed E-state index contributed by atoms with van der Waals surface area (Å²) in [5.74, 6) is 0. The van der Waals surface area contributed by atoms with Crippen molar-refractivity contribution < 1.29 is 10.2 Å². The van der Waals surface area contributed by atoms with Crippen LogP contribution < -0.4 is 0 Å². The predicted molar refractivity (Wildman–Crippen MR) is 60.5 cm³/mol. The highest BCUT2D eigenvalue weighted by atomic mass is 16.3. The van der Waals surface area contributed by atoms with E-state index in [0.717, 1.165) is 32.1 Å². The third-order valence-electron chi connectivity index (χ3n) is 5.67. The summed E-state index contributed by atoms with van der Waals surface area (Å²) in [5.41, 5.74) is -1.80. The van der Waals surface area contributed by atoms with Crippen LogP contribution in [0.15, 0.2) is 0 Å². The fourth-order valence-electron chi connectivity index (χ4n) is 4.07. The van der Waals surface area contributed by atoms with Crippen LogP contribution in [-0.4, -0.2) is 21.4 Å². The Kier molecular flexibility index (Phi) is 2.11. The topological polar surface area (TPSA) is 40.5 Å². The van der Waals surface area contributed by atoms with Gasteiger partial charge in [-0.3, -0.25) is 0 Å². The molecule has 2 N–H and O–H groups in total. The molecule has 2 aliphatic carbocycles. The zero-order chi connectivity index (χ0) is 11.5. The Morgan fingerprint density at radius 2 is 1.40 bits per heavy atom. The largest absolute Gasteiger partial charge is 0.389 e. The molecule has 0 radical (unpaired) electrons. The molecule has 3 atom stereocenters. The van der Waals surface area contributed by atoms with E-state index in [4.69, 9.17) is 0 Å². The number of hydrogen-bond donors (Lipinski definition) is 2. The predicted octanol–water partition coefficient (Wildman–Crippen LogP) is 2.48. The Balaban J connectivity index is 2.49. The Hall–Kier alpha value is -0.0800. The molecule has 0 spiro atoms. The van der Waals surface area contributed by atoms with Crippen LogP contribution in [0.2, 0.25) is 0 Å². The van der Waals surface area contributed by atoms with E-state index in [2.05, 4.69) is 20.8 Å². The van der Waals surface area contributed by atoms with Gasteiger partial charge in [0.1, 0.15) is 0 Å². The molecule has 15 heavy (non-hydrogen) atoms. The Morgan fingerprint density at radius 1 is 0.800 bits per heavy atom. The summed E-state index contributed by atoms with van der Waals surface area (Å²) in [6.45, 7) is 8.25. The Morgan fingerprint density at radius 3 is 1.93 bits per heavy atom. The van der Waals surface area contributed by atoms with Gasteiger partial charge >= 0.3 is 0 Å². The second kappa shape index (κ2) is 2.78. The molecule has 2 rings (SSSR count). The summed E-state index contributed by atoms with van der Waals surface area (Å²) in [7, 11) is 0. The van der Waals surface area contributed by atoms with E-state index in [1.165, 1.54) is 0 Å². The third-order valence-corrected chi connectivity index (χ3v) is 5.67. The number of aliphatic hydroxyl groups is 2. The van der Waals surface area contributed by atoms with Gasteiger partial charge < -0.3 is 10.2 Å². The average Bonchev–Trinajstić information content (AvgIpc) is 2.27. The van der Waals surface area contributed by atoms with Gasteiger partial charge in [-0.05, 0) is 38.0 Å². The molecule has 2 nitrogen and oxygen atoms in total. The lowest BCUT2D eigenvalue weighted by Crippen LogP contribution is -2.61. The lowest BCUT2D eigenvalue weighted by Gasteiger charge is -2.57. The monoisotopic (exact) mass is 212 g/mol. The number of rotatable bonds is 0. The normalized spacial score (nSPS) is 54.0. The first-order chi connectivity index (χ1) is 6.66. The van der Waals surface area contributed by atoms with Gasteiger partial charge in [-0.25, -0.2) is 0 Å². The maximum absolute atomic E-state index is 11.0. The highest BCUT2D eigenvalue weighted by Crippen LogP contribution is 2.65. The molecule has 0 aromatic heterocycles. The summed E-state index contributed by atoms with van der Waals surface area (Å²) < 4.78 is 0. The van der Waals surface area contributed by atoms with Crippen molar-refractivity contribution in [2.24, 2.45) is 10.8 Å². The Bertz CT molecular complexity index is 280. The third kappa shape index (κ3) is 1.13. The van der Waals surface area contributed by atoms with Crippen molar-refractivity contribution in [3.63, 3.8) is 0 Å². The van der Waals surface area contributed by atoms with Gasteiger partial charge in [0.05, 0.1) is 11.2 Å². The van der Waals surface area contributed by atoms with Crippen LogP contribution in [0.1, 0.15) is 59.8 Å². The van der Waals surface area contributed by atoms with Gasteiger partial charge in [0, 0.05) is 5.41 Å². The van der Waals surface area contributed by atoms with Gasteiger partial charge in [0.25, 0.3) is 0 Å².